The fourth-order valence-electron chi connectivity index (χ4n) is 2.60. The first kappa shape index (κ1) is 19.9. The fourth-order valence-corrected chi connectivity index (χ4v) is 2.60. The van der Waals surface area contributed by atoms with Crippen LogP contribution >= 0.6 is 0 Å². The third-order valence-electron chi connectivity index (χ3n) is 3.90. The Kier molecular flexibility index (Phi) is 6.13. The predicted octanol–water partition coefficient (Wildman–Crippen LogP) is 3.34. The summed E-state index contributed by atoms with van der Waals surface area (Å²) in [6, 6.07) is 13.7. The molecule has 1 heterocycles. The van der Waals surface area contributed by atoms with Crippen molar-refractivity contribution in [1.29, 1.82) is 0 Å². The van der Waals surface area contributed by atoms with Gasteiger partial charge >= 0.3 is 5.97 Å². The van der Waals surface area contributed by atoms with Gasteiger partial charge in [-0.1, -0.05) is 13.0 Å². The Morgan fingerprint density at radius 1 is 1.07 bits per heavy atom. The van der Waals surface area contributed by atoms with Gasteiger partial charge in [0.05, 0.1) is 12.1 Å². The van der Waals surface area contributed by atoms with E-state index < -0.39 is 18.4 Å². The molecule has 3 aromatic rings. The Labute approximate surface area is 166 Å². The number of carboxylic acids is 1. The van der Waals surface area contributed by atoms with Gasteiger partial charge in [0.25, 0.3) is 5.91 Å². The van der Waals surface area contributed by atoms with Crippen LogP contribution in [0.25, 0.3) is 10.9 Å². The van der Waals surface area contributed by atoms with E-state index in [1.54, 1.807) is 30.3 Å². The van der Waals surface area contributed by atoms with E-state index in [0.29, 0.717) is 34.8 Å². The van der Waals surface area contributed by atoms with Crippen molar-refractivity contribution in [3.8, 4) is 23.0 Å². The normalized spacial score (nSPS) is 10.5. The van der Waals surface area contributed by atoms with E-state index in [0.717, 1.165) is 6.42 Å². The Balaban J connectivity index is 1.81. The second-order valence-corrected chi connectivity index (χ2v) is 6.21. The molecule has 0 radical (unpaired) electrons. The first-order valence-electron chi connectivity index (χ1n) is 9.00. The number of carboxylic acid groups (broad SMARTS) is 1. The van der Waals surface area contributed by atoms with Crippen molar-refractivity contribution in [1.82, 2.24) is 10.3 Å². The fraction of sp³-hybridized carbons (Fsp3) is 0.190. The predicted molar refractivity (Wildman–Crippen MR) is 106 cm³/mol. The van der Waals surface area contributed by atoms with Gasteiger partial charge in [-0.2, -0.15) is 0 Å². The number of aromatic nitrogens is 1. The number of aromatic hydroxyl groups is 1. The molecule has 3 rings (SSSR count). The molecule has 0 aliphatic carbocycles. The van der Waals surface area contributed by atoms with Crippen LogP contribution in [0.15, 0.2) is 48.5 Å². The zero-order chi connectivity index (χ0) is 20.8. The Bertz CT molecular complexity index is 1050. The minimum absolute atomic E-state index is 0.242. The van der Waals surface area contributed by atoms with Gasteiger partial charge < -0.3 is 25.0 Å². The number of carbonyl (C=O) groups excluding carboxylic acids is 1. The summed E-state index contributed by atoms with van der Waals surface area (Å²) in [5.41, 5.74) is 0.212. The van der Waals surface area contributed by atoms with Crippen LogP contribution in [0.1, 0.15) is 23.8 Å². The number of ether oxygens (including phenoxy) is 2. The number of hydrogen-bond donors (Lipinski definition) is 3. The number of hydrogen-bond acceptors (Lipinski definition) is 6. The lowest BCUT2D eigenvalue weighted by Gasteiger charge is -2.10. The largest absolute Gasteiger partial charge is 0.505 e. The molecule has 150 valence electrons. The Morgan fingerprint density at radius 3 is 2.59 bits per heavy atom. The van der Waals surface area contributed by atoms with Crippen molar-refractivity contribution >= 4 is 22.8 Å². The van der Waals surface area contributed by atoms with E-state index in [4.69, 9.17) is 14.6 Å². The van der Waals surface area contributed by atoms with Crippen LogP contribution in [-0.2, 0) is 4.79 Å². The summed E-state index contributed by atoms with van der Waals surface area (Å²) in [7, 11) is 0. The third-order valence-corrected chi connectivity index (χ3v) is 3.90. The Hall–Kier alpha value is -3.81. The van der Waals surface area contributed by atoms with E-state index in [1.165, 1.54) is 6.07 Å². The molecule has 0 fully saturated rings. The molecule has 1 aromatic heterocycles. The SMILES string of the molecule is CCCOc1cccc(Oc2ccc3nc(C(=O)NCC(=O)O)c(O)cc3c2)c1. The summed E-state index contributed by atoms with van der Waals surface area (Å²) in [6.07, 6.45) is 0.905. The second kappa shape index (κ2) is 8.92. The number of pyridine rings is 1. The lowest BCUT2D eigenvalue weighted by atomic mass is 10.1. The Morgan fingerprint density at radius 2 is 1.83 bits per heavy atom. The maximum atomic E-state index is 12.0. The molecule has 0 aliphatic rings. The number of fused-ring (bicyclic) bond motifs is 1. The van der Waals surface area contributed by atoms with Gasteiger partial charge in [0, 0.05) is 11.5 Å². The molecule has 0 bridgehead atoms. The van der Waals surface area contributed by atoms with Crippen LogP contribution in [0.5, 0.6) is 23.0 Å². The van der Waals surface area contributed by atoms with Crippen molar-refractivity contribution in [2.45, 2.75) is 13.3 Å². The molecular formula is C21H20N2O6. The summed E-state index contributed by atoms with van der Waals surface area (Å²) in [5, 5.41) is 21.5. The monoisotopic (exact) mass is 396 g/mol. The van der Waals surface area contributed by atoms with E-state index in [2.05, 4.69) is 10.3 Å². The molecule has 0 atom stereocenters. The van der Waals surface area contributed by atoms with Gasteiger partial charge in [0.1, 0.15) is 29.5 Å². The summed E-state index contributed by atoms with van der Waals surface area (Å²) in [4.78, 5) is 26.7. The molecule has 0 unspecified atom stereocenters. The number of carbonyl (C=O) groups is 2. The molecule has 0 spiro atoms. The molecule has 0 saturated carbocycles. The third kappa shape index (κ3) is 5.13. The number of rotatable bonds is 8. The van der Waals surface area contributed by atoms with E-state index >= 15 is 0 Å². The molecule has 0 aliphatic heterocycles. The lowest BCUT2D eigenvalue weighted by molar-refractivity contribution is -0.135. The highest BCUT2D eigenvalue weighted by Gasteiger charge is 2.15. The van der Waals surface area contributed by atoms with E-state index in [1.807, 2.05) is 19.1 Å². The van der Waals surface area contributed by atoms with Gasteiger partial charge in [-0.3, -0.25) is 9.59 Å². The summed E-state index contributed by atoms with van der Waals surface area (Å²) < 4.78 is 11.4. The molecule has 0 saturated heterocycles. The van der Waals surface area contributed by atoms with Gasteiger partial charge in [0.15, 0.2) is 5.69 Å². The second-order valence-electron chi connectivity index (χ2n) is 6.21. The van der Waals surface area contributed by atoms with Crippen LogP contribution in [0.3, 0.4) is 0 Å². The summed E-state index contributed by atoms with van der Waals surface area (Å²) in [6.45, 7) is 2.08. The van der Waals surface area contributed by atoms with Gasteiger partial charge in [-0.15, -0.1) is 0 Å². The molecule has 29 heavy (non-hydrogen) atoms. The number of aliphatic carboxylic acids is 1. The van der Waals surface area contributed by atoms with Crippen molar-refractivity contribution in [3.63, 3.8) is 0 Å². The van der Waals surface area contributed by atoms with Crippen LogP contribution in [-0.4, -0.2) is 40.2 Å². The molecule has 2 aromatic carbocycles. The van der Waals surface area contributed by atoms with Crippen LogP contribution in [0.4, 0.5) is 0 Å². The maximum Gasteiger partial charge on any atom is 0.322 e. The average molecular weight is 396 g/mol. The lowest BCUT2D eigenvalue weighted by Crippen LogP contribution is -2.29. The molecule has 3 N–H and O–H groups in total. The quantitative estimate of drug-likeness (QED) is 0.534. The minimum Gasteiger partial charge on any atom is -0.505 e. The van der Waals surface area contributed by atoms with Gasteiger partial charge in [-0.25, -0.2) is 4.98 Å². The van der Waals surface area contributed by atoms with E-state index in [-0.39, 0.29) is 11.4 Å². The van der Waals surface area contributed by atoms with Crippen LogP contribution < -0.4 is 14.8 Å². The van der Waals surface area contributed by atoms with Crippen LogP contribution in [0, 0.1) is 0 Å². The number of nitrogens with one attached hydrogen (secondary N) is 1. The topological polar surface area (TPSA) is 118 Å². The summed E-state index contributed by atoms with van der Waals surface area (Å²) in [5.74, 6) is -0.483. The molecule has 1 amide bonds. The smallest absolute Gasteiger partial charge is 0.322 e. The molecule has 8 heteroatoms. The maximum absolute atomic E-state index is 12.0. The zero-order valence-corrected chi connectivity index (χ0v) is 15.7. The highest BCUT2D eigenvalue weighted by molar-refractivity contribution is 5.99. The van der Waals surface area contributed by atoms with Crippen molar-refractivity contribution in [2.75, 3.05) is 13.2 Å². The van der Waals surface area contributed by atoms with E-state index in [9.17, 15) is 14.7 Å². The molecule has 8 nitrogen and oxygen atoms in total. The first-order valence-corrected chi connectivity index (χ1v) is 9.00. The average Bonchev–Trinajstić information content (AvgIpc) is 2.70. The highest BCUT2D eigenvalue weighted by Crippen LogP contribution is 2.29. The van der Waals surface area contributed by atoms with Crippen LogP contribution in [0.2, 0.25) is 0 Å². The number of benzene rings is 2. The standard InChI is InChI=1S/C21H20N2O6/c1-2-8-28-14-4-3-5-15(11-14)29-16-6-7-17-13(9-16)10-18(24)20(23-17)21(27)22-12-19(25)26/h3-7,9-11,24H,2,8,12H2,1H3,(H,22,27)(H,25,26). The van der Waals surface area contributed by atoms with Gasteiger partial charge in [-0.05, 0) is 42.8 Å². The van der Waals surface area contributed by atoms with Crippen molar-refractivity contribution in [3.05, 3.63) is 54.2 Å². The van der Waals surface area contributed by atoms with Gasteiger partial charge in [0.2, 0.25) is 0 Å². The van der Waals surface area contributed by atoms with Crippen molar-refractivity contribution < 1.29 is 29.3 Å². The zero-order valence-electron chi connectivity index (χ0n) is 15.7. The highest BCUT2D eigenvalue weighted by atomic mass is 16.5. The number of nitrogens with zero attached hydrogens (tertiary/aromatic N) is 1. The first-order chi connectivity index (χ1) is 14.0. The molecular weight excluding hydrogens is 376 g/mol. The summed E-state index contributed by atoms with van der Waals surface area (Å²) >= 11 is 0. The number of amides is 1. The van der Waals surface area contributed by atoms with Crippen molar-refractivity contribution in [2.24, 2.45) is 0 Å². The minimum atomic E-state index is -1.19.